The quantitative estimate of drug-likeness (QED) is 0.748. The highest BCUT2D eigenvalue weighted by atomic mass is 16.5. The second-order valence-electron chi connectivity index (χ2n) is 4.00. The van der Waals surface area contributed by atoms with Crippen LogP contribution in [0, 0.1) is 5.92 Å². The monoisotopic (exact) mass is 253 g/mol. The number of hydrogen-bond donors (Lipinski definition) is 2. The molecule has 18 heavy (non-hydrogen) atoms. The number of rotatable bonds is 5. The number of ether oxygens (including phenoxy) is 1. The van der Waals surface area contributed by atoms with E-state index >= 15 is 0 Å². The van der Waals surface area contributed by atoms with Crippen molar-refractivity contribution < 1.29 is 19.4 Å². The molecule has 0 bridgehead atoms. The van der Waals surface area contributed by atoms with E-state index in [2.05, 4.69) is 20.3 Å². The second-order valence-corrected chi connectivity index (χ2v) is 4.00. The molecule has 0 saturated heterocycles. The molecule has 1 atom stereocenters. The van der Waals surface area contributed by atoms with Gasteiger partial charge >= 0.3 is 11.9 Å². The molecule has 0 fully saturated rings. The fraction of sp³-hybridized carbons (Fsp3) is 0.455. The molecule has 0 amide bonds. The molecule has 98 valence electrons. The fourth-order valence-corrected chi connectivity index (χ4v) is 1.30. The third kappa shape index (κ3) is 3.41. The number of nitrogens with one attached hydrogen (secondary N) is 1. The first-order valence-electron chi connectivity index (χ1n) is 5.37. The first kappa shape index (κ1) is 13.9. The molecule has 0 aliphatic carbocycles. The van der Waals surface area contributed by atoms with Crippen molar-refractivity contribution in [1.82, 2.24) is 10.2 Å². The first-order valence-corrected chi connectivity index (χ1v) is 5.37. The topological polar surface area (TPSA) is 101 Å². The Bertz CT molecular complexity index is 430. The Morgan fingerprint density at radius 2 is 2.00 bits per heavy atom. The molecule has 1 rings (SSSR count). The van der Waals surface area contributed by atoms with Crippen LogP contribution in [0.25, 0.3) is 0 Å². The summed E-state index contributed by atoms with van der Waals surface area (Å²) in [5.41, 5.74) is 0.0690. The summed E-state index contributed by atoms with van der Waals surface area (Å²) in [6, 6.07) is 2.14. The highest BCUT2D eigenvalue weighted by Crippen LogP contribution is 2.10. The zero-order valence-electron chi connectivity index (χ0n) is 10.4. The zero-order chi connectivity index (χ0) is 13.7. The summed E-state index contributed by atoms with van der Waals surface area (Å²) in [4.78, 5) is 22.1. The lowest BCUT2D eigenvalue weighted by molar-refractivity contribution is -0.138. The lowest BCUT2D eigenvalue weighted by Gasteiger charge is -2.17. The molecule has 0 aliphatic rings. The molecule has 0 saturated carbocycles. The Morgan fingerprint density at radius 1 is 1.33 bits per heavy atom. The molecule has 7 nitrogen and oxygen atoms in total. The average molecular weight is 253 g/mol. The predicted molar refractivity (Wildman–Crippen MR) is 63.3 cm³/mol. The molecule has 0 aromatic carbocycles. The van der Waals surface area contributed by atoms with Gasteiger partial charge in [0.25, 0.3) is 0 Å². The fourth-order valence-electron chi connectivity index (χ4n) is 1.30. The maximum absolute atomic E-state index is 11.1. The number of nitrogens with zero attached hydrogens (tertiary/aromatic N) is 2. The number of carbonyl (C=O) groups is 2. The summed E-state index contributed by atoms with van der Waals surface area (Å²) in [6.45, 7) is 3.56. The van der Waals surface area contributed by atoms with Crippen molar-refractivity contribution in [1.29, 1.82) is 0 Å². The van der Waals surface area contributed by atoms with Crippen LogP contribution in [0.15, 0.2) is 12.1 Å². The SMILES string of the molecule is COC(=O)c1ccc(NC(C(=O)O)C(C)C)nn1. The summed E-state index contributed by atoms with van der Waals surface area (Å²) in [7, 11) is 1.25. The molecule has 1 heterocycles. The minimum absolute atomic E-state index is 0.0690. The van der Waals surface area contributed by atoms with Gasteiger partial charge in [-0.05, 0) is 18.1 Å². The van der Waals surface area contributed by atoms with Crippen LogP contribution in [0.2, 0.25) is 0 Å². The van der Waals surface area contributed by atoms with E-state index in [0.29, 0.717) is 5.82 Å². The Kier molecular flexibility index (Phi) is 4.59. The van der Waals surface area contributed by atoms with Gasteiger partial charge in [-0.25, -0.2) is 9.59 Å². The minimum atomic E-state index is -0.969. The highest BCUT2D eigenvalue weighted by molar-refractivity contribution is 5.87. The Hall–Kier alpha value is -2.18. The zero-order valence-corrected chi connectivity index (χ0v) is 10.4. The largest absolute Gasteiger partial charge is 0.480 e. The number of carboxylic acid groups (broad SMARTS) is 1. The molecule has 7 heteroatoms. The number of aromatic nitrogens is 2. The molecule has 1 unspecified atom stereocenters. The van der Waals surface area contributed by atoms with E-state index in [-0.39, 0.29) is 11.6 Å². The number of esters is 1. The summed E-state index contributed by atoms with van der Waals surface area (Å²) in [5, 5.41) is 19.1. The summed E-state index contributed by atoms with van der Waals surface area (Å²) < 4.78 is 4.48. The number of hydrogen-bond acceptors (Lipinski definition) is 6. The van der Waals surface area contributed by atoms with Crippen molar-refractivity contribution in [3.63, 3.8) is 0 Å². The van der Waals surface area contributed by atoms with E-state index in [1.54, 1.807) is 13.8 Å². The minimum Gasteiger partial charge on any atom is -0.480 e. The van der Waals surface area contributed by atoms with E-state index in [9.17, 15) is 9.59 Å². The van der Waals surface area contributed by atoms with Gasteiger partial charge in [-0.1, -0.05) is 13.8 Å². The van der Waals surface area contributed by atoms with Crippen molar-refractivity contribution in [2.75, 3.05) is 12.4 Å². The van der Waals surface area contributed by atoms with E-state index in [0.717, 1.165) is 0 Å². The average Bonchev–Trinajstić information content (AvgIpc) is 2.35. The molecule has 2 N–H and O–H groups in total. The normalized spacial score (nSPS) is 12.0. The Labute approximate surface area is 104 Å². The van der Waals surface area contributed by atoms with Crippen LogP contribution in [0.3, 0.4) is 0 Å². The first-order chi connectivity index (χ1) is 8.45. The Balaban J connectivity index is 2.79. The van der Waals surface area contributed by atoms with Crippen LogP contribution in [0.4, 0.5) is 5.82 Å². The highest BCUT2D eigenvalue weighted by Gasteiger charge is 2.21. The number of carboxylic acids is 1. The van der Waals surface area contributed by atoms with Gasteiger partial charge in [0.15, 0.2) is 5.69 Å². The summed E-state index contributed by atoms with van der Waals surface area (Å²) >= 11 is 0. The van der Waals surface area contributed by atoms with Crippen molar-refractivity contribution in [3.8, 4) is 0 Å². The third-order valence-corrected chi connectivity index (χ3v) is 2.30. The number of carbonyl (C=O) groups excluding carboxylic acids is 1. The van der Waals surface area contributed by atoms with Crippen LogP contribution in [0.1, 0.15) is 24.3 Å². The van der Waals surface area contributed by atoms with Gasteiger partial charge in [0.05, 0.1) is 7.11 Å². The van der Waals surface area contributed by atoms with Crippen LogP contribution in [-0.2, 0) is 9.53 Å². The van der Waals surface area contributed by atoms with Crippen molar-refractivity contribution >= 4 is 17.8 Å². The standard InChI is InChI=1S/C11H15N3O4/c1-6(2)9(10(15)16)12-8-5-4-7(13-14-8)11(17)18-3/h4-6,9H,1-3H3,(H,12,14)(H,15,16). The van der Waals surface area contributed by atoms with Crippen molar-refractivity contribution in [2.24, 2.45) is 5.92 Å². The van der Waals surface area contributed by atoms with Crippen LogP contribution in [0.5, 0.6) is 0 Å². The van der Waals surface area contributed by atoms with Crippen molar-refractivity contribution in [3.05, 3.63) is 17.8 Å². The predicted octanol–water partition coefficient (Wildman–Crippen LogP) is 0.784. The van der Waals surface area contributed by atoms with Crippen molar-refractivity contribution in [2.45, 2.75) is 19.9 Å². The Morgan fingerprint density at radius 3 is 2.39 bits per heavy atom. The molecular weight excluding hydrogens is 238 g/mol. The van der Waals surface area contributed by atoms with E-state index in [1.807, 2.05) is 0 Å². The van der Waals surface area contributed by atoms with Gasteiger partial charge < -0.3 is 15.2 Å². The lowest BCUT2D eigenvalue weighted by atomic mass is 10.1. The summed E-state index contributed by atoms with van der Waals surface area (Å²) in [6.07, 6.45) is 0. The van der Waals surface area contributed by atoms with E-state index < -0.39 is 18.0 Å². The molecule has 0 aliphatic heterocycles. The van der Waals surface area contributed by atoms with Gasteiger partial charge in [0.2, 0.25) is 0 Å². The van der Waals surface area contributed by atoms with Crippen LogP contribution < -0.4 is 5.32 Å². The van der Waals surface area contributed by atoms with Gasteiger partial charge in [-0.15, -0.1) is 10.2 Å². The molecule has 1 aromatic heterocycles. The molecule has 0 spiro atoms. The van der Waals surface area contributed by atoms with Gasteiger partial charge in [0, 0.05) is 0 Å². The lowest BCUT2D eigenvalue weighted by Crippen LogP contribution is -2.34. The maximum atomic E-state index is 11.1. The molecular formula is C11H15N3O4. The van der Waals surface area contributed by atoms with Crippen LogP contribution >= 0.6 is 0 Å². The number of anilines is 1. The van der Waals surface area contributed by atoms with E-state index in [1.165, 1.54) is 19.2 Å². The summed E-state index contributed by atoms with van der Waals surface area (Å²) in [5.74, 6) is -1.37. The number of aliphatic carboxylic acids is 1. The van der Waals surface area contributed by atoms with E-state index in [4.69, 9.17) is 5.11 Å². The van der Waals surface area contributed by atoms with Crippen LogP contribution in [-0.4, -0.2) is 40.4 Å². The van der Waals surface area contributed by atoms with Gasteiger partial charge in [-0.2, -0.15) is 0 Å². The smallest absolute Gasteiger partial charge is 0.358 e. The molecule has 0 radical (unpaired) electrons. The third-order valence-electron chi connectivity index (χ3n) is 2.30. The van der Waals surface area contributed by atoms with Gasteiger partial charge in [0.1, 0.15) is 11.9 Å². The second kappa shape index (κ2) is 5.95. The van der Waals surface area contributed by atoms with Gasteiger partial charge in [-0.3, -0.25) is 0 Å². The molecule has 1 aromatic rings. The maximum Gasteiger partial charge on any atom is 0.358 e. The number of methoxy groups -OCH3 is 1.